The van der Waals surface area contributed by atoms with Crippen molar-refractivity contribution in [1.29, 1.82) is 0 Å². The number of anilines is 2. The predicted molar refractivity (Wildman–Crippen MR) is 158 cm³/mol. The van der Waals surface area contributed by atoms with Gasteiger partial charge in [-0.1, -0.05) is 72.8 Å². The van der Waals surface area contributed by atoms with Crippen molar-refractivity contribution in [3.05, 3.63) is 125 Å². The molecule has 206 valence electrons. The molecule has 4 heterocycles. The molecule has 0 saturated carbocycles. The highest BCUT2D eigenvalue weighted by Gasteiger charge is 2.70. The molecule has 8 rings (SSSR count). The fourth-order valence-corrected chi connectivity index (χ4v) is 7.28. The summed E-state index contributed by atoms with van der Waals surface area (Å²) in [4.78, 5) is 46.1. The van der Waals surface area contributed by atoms with Crippen LogP contribution in [-0.4, -0.2) is 36.4 Å². The summed E-state index contributed by atoms with van der Waals surface area (Å²) in [6.07, 6.45) is 3.99. The molecule has 0 radical (unpaired) electrons. The molecule has 0 aliphatic carbocycles. The van der Waals surface area contributed by atoms with E-state index in [1.165, 1.54) is 0 Å². The van der Waals surface area contributed by atoms with E-state index in [0.717, 1.165) is 16.8 Å². The number of carbonyl (C=O) groups is 3. The molecule has 1 spiro atoms. The Bertz CT molecular complexity index is 1850. The molecule has 1 amide bonds. The molecule has 0 unspecified atom stereocenters. The molecule has 4 aliphatic heterocycles. The van der Waals surface area contributed by atoms with Crippen LogP contribution in [0.3, 0.4) is 0 Å². The predicted octanol–water partition coefficient (Wildman–Crippen LogP) is 5.58. The average molecular weight is 555 g/mol. The summed E-state index contributed by atoms with van der Waals surface area (Å²) in [5.74, 6) is -0.827. The number of amides is 1. The van der Waals surface area contributed by atoms with Gasteiger partial charge in [-0.3, -0.25) is 14.4 Å². The van der Waals surface area contributed by atoms with Gasteiger partial charge in [-0.05, 0) is 53.9 Å². The van der Waals surface area contributed by atoms with Gasteiger partial charge in [0.05, 0.1) is 12.0 Å². The number of aryl methyl sites for hydroxylation is 1. The van der Waals surface area contributed by atoms with Crippen molar-refractivity contribution in [2.24, 2.45) is 5.92 Å². The summed E-state index contributed by atoms with van der Waals surface area (Å²) in [6, 6.07) is 26.1. The number of carbonyl (C=O) groups excluding carboxylic acids is 3. The van der Waals surface area contributed by atoms with Crippen LogP contribution in [0.25, 0.3) is 6.08 Å². The molecule has 4 aromatic carbocycles. The van der Waals surface area contributed by atoms with E-state index in [2.05, 4.69) is 5.32 Å². The van der Waals surface area contributed by atoms with E-state index < -0.39 is 23.4 Å². The molecule has 0 bridgehead atoms. The molecule has 4 atom stereocenters. The number of ketones is 2. The fourth-order valence-electron chi connectivity index (χ4n) is 7.28. The first-order valence-corrected chi connectivity index (χ1v) is 14.0. The van der Waals surface area contributed by atoms with Crippen LogP contribution in [-0.2, 0) is 10.2 Å². The van der Waals surface area contributed by atoms with E-state index in [0.29, 0.717) is 33.9 Å². The Morgan fingerprint density at radius 1 is 0.857 bits per heavy atom. The second kappa shape index (κ2) is 8.91. The van der Waals surface area contributed by atoms with Crippen molar-refractivity contribution >= 4 is 34.9 Å². The second-order valence-corrected chi connectivity index (χ2v) is 11.2. The van der Waals surface area contributed by atoms with E-state index >= 15 is 0 Å². The van der Waals surface area contributed by atoms with Gasteiger partial charge in [0.25, 0.3) is 0 Å². The normalized spacial score (nSPS) is 24.3. The lowest BCUT2D eigenvalue weighted by molar-refractivity contribution is -0.121. The van der Waals surface area contributed by atoms with Crippen LogP contribution in [0.15, 0.2) is 97.1 Å². The number of para-hydroxylation sites is 1. The third-order valence-electron chi connectivity index (χ3n) is 9.06. The van der Waals surface area contributed by atoms with E-state index in [9.17, 15) is 14.4 Å². The van der Waals surface area contributed by atoms with E-state index in [1.54, 1.807) is 30.3 Å². The Labute approximate surface area is 242 Å². The zero-order valence-electron chi connectivity index (χ0n) is 22.7. The summed E-state index contributed by atoms with van der Waals surface area (Å²) in [5.41, 5.74) is 3.63. The zero-order valence-corrected chi connectivity index (χ0v) is 22.7. The fraction of sp³-hybridized carbons (Fsp3) is 0.171. The Morgan fingerprint density at radius 2 is 1.64 bits per heavy atom. The highest BCUT2D eigenvalue weighted by molar-refractivity contribution is 6.18. The van der Waals surface area contributed by atoms with Gasteiger partial charge in [-0.15, -0.1) is 0 Å². The van der Waals surface area contributed by atoms with E-state index in [-0.39, 0.29) is 24.3 Å². The summed E-state index contributed by atoms with van der Waals surface area (Å²) in [6.45, 7) is 2.07. The topological polar surface area (TPSA) is 84.9 Å². The summed E-state index contributed by atoms with van der Waals surface area (Å²) < 4.78 is 11.1. The number of benzene rings is 4. The first-order valence-electron chi connectivity index (χ1n) is 14.0. The SMILES string of the molecule is Cc1ccc2c(c1)N1[C@H](C(=O)c3ccccc3)[C@@H](C(=O)c3ccc4c(c3)OCO4)[C@]3(C(=O)Nc4ccccc43)[C@H]1C=C2. The molecule has 7 heteroatoms. The van der Waals surface area contributed by atoms with Crippen molar-refractivity contribution in [3.63, 3.8) is 0 Å². The number of nitrogens with zero attached hydrogens (tertiary/aromatic N) is 1. The van der Waals surface area contributed by atoms with Crippen LogP contribution in [0.4, 0.5) is 11.4 Å². The Hall–Kier alpha value is -5.17. The lowest BCUT2D eigenvalue weighted by Crippen LogP contribution is -2.51. The maximum atomic E-state index is 15.0. The largest absolute Gasteiger partial charge is 0.454 e. The van der Waals surface area contributed by atoms with Crippen LogP contribution in [0.1, 0.15) is 37.4 Å². The third-order valence-corrected chi connectivity index (χ3v) is 9.06. The average Bonchev–Trinajstić information content (AvgIpc) is 3.70. The molecule has 1 saturated heterocycles. The lowest BCUT2D eigenvalue weighted by atomic mass is 9.64. The number of nitrogens with one attached hydrogen (secondary N) is 1. The summed E-state index contributed by atoms with van der Waals surface area (Å²) >= 11 is 0. The number of ether oxygens (including phenoxy) is 2. The molecule has 1 N–H and O–H groups in total. The van der Waals surface area contributed by atoms with Crippen molar-refractivity contribution < 1.29 is 23.9 Å². The first kappa shape index (κ1) is 24.6. The Balaban J connectivity index is 1.42. The maximum Gasteiger partial charge on any atom is 0.238 e. The smallest absolute Gasteiger partial charge is 0.238 e. The molecular formula is C35H26N2O5. The van der Waals surface area contributed by atoms with Crippen LogP contribution < -0.4 is 19.7 Å². The van der Waals surface area contributed by atoms with Crippen LogP contribution in [0.2, 0.25) is 0 Å². The second-order valence-electron chi connectivity index (χ2n) is 11.2. The van der Waals surface area contributed by atoms with Crippen LogP contribution in [0.5, 0.6) is 11.5 Å². The minimum atomic E-state index is -1.36. The van der Waals surface area contributed by atoms with Gasteiger partial charge in [0.1, 0.15) is 11.5 Å². The molecule has 42 heavy (non-hydrogen) atoms. The van der Waals surface area contributed by atoms with Gasteiger partial charge in [0, 0.05) is 22.5 Å². The van der Waals surface area contributed by atoms with Gasteiger partial charge in [-0.25, -0.2) is 0 Å². The summed E-state index contributed by atoms with van der Waals surface area (Å²) in [5, 5.41) is 3.07. The molecular weight excluding hydrogens is 528 g/mol. The van der Waals surface area contributed by atoms with E-state index in [1.807, 2.05) is 84.6 Å². The quantitative estimate of drug-likeness (QED) is 0.332. The number of fused-ring (bicyclic) bond motifs is 7. The van der Waals surface area contributed by atoms with E-state index in [4.69, 9.17) is 9.47 Å². The number of rotatable bonds is 4. The number of hydrogen-bond donors (Lipinski definition) is 1. The van der Waals surface area contributed by atoms with Crippen LogP contribution >= 0.6 is 0 Å². The van der Waals surface area contributed by atoms with Gasteiger partial charge < -0.3 is 19.7 Å². The van der Waals surface area contributed by atoms with Gasteiger partial charge in [-0.2, -0.15) is 0 Å². The minimum Gasteiger partial charge on any atom is -0.454 e. The third kappa shape index (κ3) is 3.25. The number of hydrogen-bond acceptors (Lipinski definition) is 6. The maximum absolute atomic E-state index is 15.0. The standard InChI is InChI=1S/C35H26N2O5/c1-20-11-12-21-14-16-29-35(24-9-5-6-10-25(24)36-34(35)40)30(32(38)23-13-15-27-28(18-23)42-19-41-27)31(37(29)26(21)17-20)33(39)22-7-3-2-4-8-22/h2-18,29-31H,19H2,1H3,(H,36,40)/t29-,30+,31+,35-/m1/s1. The first-order chi connectivity index (χ1) is 20.5. The lowest BCUT2D eigenvalue weighted by Gasteiger charge is -2.37. The molecule has 4 aromatic rings. The summed E-state index contributed by atoms with van der Waals surface area (Å²) in [7, 11) is 0. The van der Waals surface area contributed by atoms with Crippen LogP contribution in [0, 0.1) is 12.8 Å². The highest BCUT2D eigenvalue weighted by Crippen LogP contribution is 2.58. The van der Waals surface area contributed by atoms with Gasteiger partial charge in [0.15, 0.2) is 23.1 Å². The molecule has 1 fully saturated rings. The Kier molecular flexibility index (Phi) is 5.22. The molecule has 0 aromatic heterocycles. The van der Waals surface area contributed by atoms with Gasteiger partial charge >= 0.3 is 0 Å². The molecule has 7 nitrogen and oxygen atoms in total. The monoisotopic (exact) mass is 554 g/mol. The van der Waals surface area contributed by atoms with Gasteiger partial charge in [0.2, 0.25) is 12.7 Å². The van der Waals surface area contributed by atoms with Crippen molar-refractivity contribution in [1.82, 2.24) is 0 Å². The number of Topliss-reactive ketones (excluding diaryl/α,β-unsaturated/α-hetero) is 2. The Morgan fingerprint density at radius 3 is 2.50 bits per heavy atom. The van der Waals surface area contributed by atoms with Crippen molar-refractivity contribution in [2.75, 3.05) is 17.0 Å². The minimum absolute atomic E-state index is 0.0715. The highest BCUT2D eigenvalue weighted by atomic mass is 16.7. The van der Waals surface area contributed by atoms with Crippen molar-refractivity contribution in [3.8, 4) is 11.5 Å². The zero-order chi connectivity index (χ0) is 28.6. The van der Waals surface area contributed by atoms with Crippen molar-refractivity contribution in [2.45, 2.75) is 24.4 Å². The molecule has 4 aliphatic rings.